The van der Waals surface area contributed by atoms with Crippen molar-refractivity contribution in [3.8, 4) is 5.95 Å². The van der Waals surface area contributed by atoms with Gasteiger partial charge in [0, 0.05) is 23.8 Å². The summed E-state index contributed by atoms with van der Waals surface area (Å²) in [6, 6.07) is 2.54. The van der Waals surface area contributed by atoms with E-state index in [-0.39, 0.29) is 34.9 Å². The van der Waals surface area contributed by atoms with Crippen molar-refractivity contribution in [1.82, 2.24) is 25.1 Å². The molecule has 3 aromatic rings. The number of aliphatic hydroxyl groups is 1. The highest BCUT2D eigenvalue weighted by atomic mass is 19.2. The van der Waals surface area contributed by atoms with E-state index in [0.29, 0.717) is 11.1 Å². The molecule has 2 N–H and O–H groups in total. The standard InChI is InChI=1S/C22H25F2N5O2/c1-12-16-8-9-17(23)18(24)19(16)29(28-12)21-25-10-13(11-26-21)20(30)27-15-6-4-14(5-7-15)22(2,3)31/h8-11,14-15,31H,4-7H2,1-3H3,(H,27,30). The van der Waals surface area contributed by atoms with Crippen LogP contribution in [0.25, 0.3) is 16.9 Å². The number of aryl methyl sites for hydroxylation is 1. The summed E-state index contributed by atoms with van der Waals surface area (Å²) in [7, 11) is 0. The van der Waals surface area contributed by atoms with Crippen LogP contribution in [-0.2, 0) is 0 Å². The molecule has 0 saturated heterocycles. The normalized spacial score (nSPS) is 19.5. The zero-order valence-electron chi connectivity index (χ0n) is 17.7. The fraction of sp³-hybridized carbons (Fsp3) is 0.455. The minimum Gasteiger partial charge on any atom is -0.390 e. The third-order valence-electron chi connectivity index (χ3n) is 6.07. The van der Waals surface area contributed by atoms with Gasteiger partial charge in [-0.25, -0.2) is 18.7 Å². The Balaban J connectivity index is 1.49. The molecule has 0 unspecified atom stereocenters. The van der Waals surface area contributed by atoms with Gasteiger partial charge < -0.3 is 10.4 Å². The summed E-state index contributed by atoms with van der Waals surface area (Å²) < 4.78 is 29.2. The molecule has 0 spiro atoms. The molecule has 0 bridgehead atoms. The van der Waals surface area contributed by atoms with Gasteiger partial charge in [0.2, 0.25) is 0 Å². The molecule has 1 aliphatic rings. The van der Waals surface area contributed by atoms with Gasteiger partial charge in [0.25, 0.3) is 11.9 Å². The molecule has 1 saturated carbocycles. The monoisotopic (exact) mass is 429 g/mol. The first-order valence-electron chi connectivity index (χ1n) is 10.3. The first kappa shape index (κ1) is 21.3. The van der Waals surface area contributed by atoms with E-state index in [1.54, 1.807) is 6.92 Å². The summed E-state index contributed by atoms with van der Waals surface area (Å²) in [4.78, 5) is 20.9. The van der Waals surface area contributed by atoms with Gasteiger partial charge in [0.1, 0.15) is 5.52 Å². The molecule has 31 heavy (non-hydrogen) atoms. The third kappa shape index (κ3) is 4.14. The molecule has 9 heteroatoms. The fourth-order valence-corrected chi connectivity index (χ4v) is 4.20. The summed E-state index contributed by atoms with van der Waals surface area (Å²) in [5.41, 5.74) is 0.0308. The molecule has 164 valence electrons. The van der Waals surface area contributed by atoms with Crippen molar-refractivity contribution in [2.75, 3.05) is 0 Å². The third-order valence-corrected chi connectivity index (χ3v) is 6.07. The van der Waals surface area contributed by atoms with Crippen molar-refractivity contribution >= 4 is 16.8 Å². The van der Waals surface area contributed by atoms with Crippen molar-refractivity contribution in [1.29, 1.82) is 0 Å². The number of benzene rings is 1. The number of carbonyl (C=O) groups is 1. The maximum atomic E-state index is 14.4. The van der Waals surface area contributed by atoms with Gasteiger partial charge in [-0.2, -0.15) is 9.78 Å². The first-order chi connectivity index (χ1) is 14.6. The molecule has 2 heterocycles. The van der Waals surface area contributed by atoms with Crippen LogP contribution in [0.3, 0.4) is 0 Å². The summed E-state index contributed by atoms with van der Waals surface area (Å²) >= 11 is 0. The van der Waals surface area contributed by atoms with Crippen LogP contribution in [0.15, 0.2) is 24.5 Å². The van der Waals surface area contributed by atoms with E-state index in [0.717, 1.165) is 36.4 Å². The largest absolute Gasteiger partial charge is 0.390 e. The van der Waals surface area contributed by atoms with Gasteiger partial charge in [-0.1, -0.05) is 0 Å². The number of amides is 1. The van der Waals surface area contributed by atoms with Crippen LogP contribution in [-0.4, -0.2) is 42.4 Å². The van der Waals surface area contributed by atoms with Gasteiger partial charge >= 0.3 is 0 Å². The van der Waals surface area contributed by atoms with Crippen molar-refractivity contribution in [3.63, 3.8) is 0 Å². The van der Waals surface area contributed by atoms with Gasteiger partial charge in [-0.15, -0.1) is 0 Å². The Morgan fingerprint density at radius 1 is 1.16 bits per heavy atom. The van der Waals surface area contributed by atoms with E-state index in [1.807, 2.05) is 13.8 Å². The van der Waals surface area contributed by atoms with Gasteiger partial charge in [-0.05, 0) is 64.5 Å². The average molecular weight is 429 g/mol. The van der Waals surface area contributed by atoms with Crippen molar-refractivity contribution < 1.29 is 18.7 Å². The highest BCUT2D eigenvalue weighted by molar-refractivity contribution is 5.93. The Hall–Kier alpha value is -2.94. The number of fused-ring (bicyclic) bond motifs is 1. The van der Waals surface area contributed by atoms with Gasteiger partial charge in [0.05, 0.1) is 16.9 Å². The van der Waals surface area contributed by atoms with E-state index in [4.69, 9.17) is 0 Å². The second kappa shape index (κ2) is 7.96. The molecule has 0 radical (unpaired) electrons. The predicted octanol–water partition coefficient (Wildman–Crippen LogP) is 3.46. The van der Waals surface area contributed by atoms with Crippen LogP contribution >= 0.6 is 0 Å². The van der Waals surface area contributed by atoms with Crippen LogP contribution < -0.4 is 5.32 Å². The quantitative estimate of drug-likeness (QED) is 0.663. The number of hydrogen-bond acceptors (Lipinski definition) is 5. The van der Waals surface area contributed by atoms with E-state index in [1.165, 1.54) is 18.5 Å². The van der Waals surface area contributed by atoms with E-state index < -0.39 is 17.2 Å². The van der Waals surface area contributed by atoms with Gasteiger partial charge in [0.15, 0.2) is 11.6 Å². The van der Waals surface area contributed by atoms with Crippen LogP contribution in [0.1, 0.15) is 55.6 Å². The van der Waals surface area contributed by atoms with E-state index >= 15 is 0 Å². The number of halogens is 2. The lowest BCUT2D eigenvalue weighted by atomic mass is 9.77. The lowest BCUT2D eigenvalue weighted by Gasteiger charge is -2.36. The Morgan fingerprint density at radius 3 is 2.42 bits per heavy atom. The molecule has 0 aliphatic heterocycles. The molecule has 1 fully saturated rings. The number of carbonyl (C=O) groups excluding carboxylic acids is 1. The summed E-state index contributed by atoms with van der Waals surface area (Å²) in [6.45, 7) is 5.32. The SMILES string of the molecule is Cc1nn(-c2ncc(C(=O)NC3CCC(C(C)(C)O)CC3)cn2)c2c(F)c(F)ccc12. The predicted molar refractivity (Wildman–Crippen MR) is 111 cm³/mol. The minimum absolute atomic E-state index is 0.0283. The van der Waals surface area contributed by atoms with Crippen LogP contribution in [0.2, 0.25) is 0 Å². The maximum absolute atomic E-state index is 14.4. The lowest BCUT2D eigenvalue weighted by Crippen LogP contribution is -2.41. The topological polar surface area (TPSA) is 92.9 Å². The highest BCUT2D eigenvalue weighted by Crippen LogP contribution is 2.32. The second-order valence-corrected chi connectivity index (χ2v) is 8.70. The molecular formula is C22H25F2N5O2. The minimum atomic E-state index is -1.02. The Bertz CT molecular complexity index is 1110. The lowest BCUT2D eigenvalue weighted by molar-refractivity contribution is -0.00257. The number of nitrogens with one attached hydrogen (secondary N) is 1. The Morgan fingerprint density at radius 2 is 1.81 bits per heavy atom. The molecule has 7 nitrogen and oxygen atoms in total. The second-order valence-electron chi connectivity index (χ2n) is 8.70. The number of aromatic nitrogens is 4. The van der Waals surface area contributed by atoms with Crippen molar-refractivity contribution in [2.45, 2.75) is 58.1 Å². The first-order valence-corrected chi connectivity index (χ1v) is 10.3. The molecule has 2 aromatic heterocycles. The van der Waals surface area contributed by atoms with E-state index in [2.05, 4.69) is 20.4 Å². The Kier molecular flexibility index (Phi) is 5.47. The summed E-state index contributed by atoms with van der Waals surface area (Å²) in [5, 5.41) is 17.8. The molecular weight excluding hydrogens is 404 g/mol. The summed E-state index contributed by atoms with van der Waals surface area (Å²) in [6.07, 6.45) is 5.97. The molecule has 0 atom stereocenters. The zero-order valence-corrected chi connectivity index (χ0v) is 17.7. The van der Waals surface area contributed by atoms with Crippen LogP contribution in [0, 0.1) is 24.5 Å². The number of hydrogen-bond donors (Lipinski definition) is 2. The fourth-order valence-electron chi connectivity index (χ4n) is 4.20. The number of rotatable bonds is 4. The van der Waals surface area contributed by atoms with Gasteiger partial charge in [-0.3, -0.25) is 4.79 Å². The smallest absolute Gasteiger partial charge is 0.254 e. The molecule has 4 rings (SSSR count). The average Bonchev–Trinajstić information content (AvgIpc) is 3.07. The zero-order chi connectivity index (χ0) is 22.3. The van der Waals surface area contributed by atoms with Crippen molar-refractivity contribution in [3.05, 3.63) is 47.4 Å². The molecule has 1 aliphatic carbocycles. The van der Waals surface area contributed by atoms with Crippen molar-refractivity contribution in [2.24, 2.45) is 5.92 Å². The number of nitrogens with zero attached hydrogens (tertiary/aromatic N) is 4. The van der Waals surface area contributed by atoms with Crippen LogP contribution in [0.5, 0.6) is 0 Å². The highest BCUT2D eigenvalue weighted by Gasteiger charge is 2.32. The molecule has 1 aromatic carbocycles. The maximum Gasteiger partial charge on any atom is 0.254 e. The van der Waals surface area contributed by atoms with Crippen LogP contribution in [0.4, 0.5) is 8.78 Å². The Labute approximate surface area is 178 Å². The van der Waals surface area contributed by atoms with E-state index in [9.17, 15) is 18.7 Å². The molecule has 1 amide bonds. The summed E-state index contributed by atoms with van der Waals surface area (Å²) in [5.74, 6) is -2.03.